The van der Waals surface area contributed by atoms with Crippen molar-refractivity contribution in [3.05, 3.63) is 95.6 Å². The molecule has 2 N–H and O–H groups in total. The second kappa shape index (κ2) is 10.2. The maximum Gasteiger partial charge on any atom is 0.335 e. The van der Waals surface area contributed by atoms with Crippen LogP contribution in [0.1, 0.15) is 41.6 Å². The highest BCUT2D eigenvalue weighted by Crippen LogP contribution is 2.64. The van der Waals surface area contributed by atoms with Crippen LogP contribution < -0.4 is 14.5 Å². The highest BCUT2D eigenvalue weighted by Gasteiger charge is 2.68. The summed E-state index contributed by atoms with van der Waals surface area (Å²) in [5, 5.41) is 19.8. The number of phenolic OH excluding ortho intramolecular Hbond substituents is 1. The van der Waals surface area contributed by atoms with Crippen LogP contribution in [0, 0.1) is 29.1 Å². The second-order valence-corrected chi connectivity index (χ2v) is 12.3. The molecule has 45 heavy (non-hydrogen) atoms. The summed E-state index contributed by atoms with van der Waals surface area (Å²) in [6.07, 6.45) is 2.34. The second-order valence-electron chi connectivity index (χ2n) is 12.3. The number of carbonyl (C=O) groups excluding carboxylic acids is 4. The molecule has 4 amide bonds. The van der Waals surface area contributed by atoms with E-state index in [2.05, 4.69) is 0 Å². The first-order chi connectivity index (χ1) is 21.6. The molecule has 0 bridgehead atoms. The Bertz CT molecular complexity index is 1830. The molecule has 2 aliphatic carbocycles. The van der Waals surface area contributed by atoms with Gasteiger partial charge in [-0.1, -0.05) is 42.0 Å². The van der Waals surface area contributed by atoms with Gasteiger partial charge in [0.2, 0.25) is 23.6 Å². The standard InChI is InChI=1S/C35H30N2O8/c1-35-26(31(40)37(34(35)44)19-8-4-3-5-9-19)17-25-22(29(35)23-12-11-21(38)16-27(23)45-2)13-14-24-28(25)32(41)36(30(24)39)20-10-6-7-18(15-20)33(42)43/h3-13,15-16,24-26,28-29,38H,14,17H2,1-2H3,(H,42,43)/t24-,25+,26-,28-,29+,35+/m0/s1. The van der Waals surface area contributed by atoms with E-state index in [-0.39, 0.29) is 41.7 Å². The summed E-state index contributed by atoms with van der Waals surface area (Å²) in [5.74, 6) is -6.08. The van der Waals surface area contributed by atoms with Gasteiger partial charge in [0.25, 0.3) is 0 Å². The zero-order valence-corrected chi connectivity index (χ0v) is 24.5. The number of methoxy groups -OCH3 is 1. The lowest BCUT2D eigenvalue weighted by molar-refractivity contribution is -0.131. The largest absolute Gasteiger partial charge is 0.508 e. The normalized spacial score (nSPS) is 28.8. The molecule has 0 spiro atoms. The van der Waals surface area contributed by atoms with Crippen molar-refractivity contribution in [2.45, 2.75) is 25.7 Å². The average molecular weight is 607 g/mol. The minimum Gasteiger partial charge on any atom is -0.508 e. The van der Waals surface area contributed by atoms with Crippen molar-refractivity contribution >= 4 is 41.0 Å². The van der Waals surface area contributed by atoms with Crippen LogP contribution in [0.25, 0.3) is 0 Å². The van der Waals surface area contributed by atoms with E-state index in [1.165, 1.54) is 48.4 Å². The van der Waals surface area contributed by atoms with E-state index in [0.717, 1.165) is 10.5 Å². The molecular formula is C35H30N2O8. The van der Waals surface area contributed by atoms with Crippen LogP contribution in [0.3, 0.4) is 0 Å². The molecule has 3 aromatic carbocycles. The number of benzene rings is 3. The van der Waals surface area contributed by atoms with E-state index in [4.69, 9.17) is 4.74 Å². The fourth-order valence-electron chi connectivity index (χ4n) is 8.15. The first-order valence-electron chi connectivity index (χ1n) is 14.8. The lowest BCUT2D eigenvalue weighted by Crippen LogP contribution is -2.49. The van der Waals surface area contributed by atoms with Crippen LogP contribution in [0.5, 0.6) is 11.5 Å². The number of hydrogen-bond donors (Lipinski definition) is 2. The SMILES string of the molecule is COc1cc(O)ccc1[C@H]1C2=CC[C@@H]3C(=O)N(c4cccc(C(=O)O)c4)C(=O)[C@@H]3[C@@H]2C[C@H]2C(=O)N(c3ccccc3)C(=O)[C@@]12C. The molecule has 4 aliphatic rings. The number of fused-ring (bicyclic) bond motifs is 4. The van der Waals surface area contributed by atoms with Crippen LogP contribution in [-0.4, -0.2) is 46.9 Å². The van der Waals surface area contributed by atoms with Crippen LogP contribution in [0.2, 0.25) is 0 Å². The Morgan fingerprint density at radius 1 is 0.867 bits per heavy atom. The minimum absolute atomic E-state index is 0.0297. The van der Waals surface area contributed by atoms with Gasteiger partial charge in [-0.15, -0.1) is 0 Å². The quantitative estimate of drug-likeness (QED) is 0.319. The molecule has 7 rings (SSSR count). The molecule has 10 heteroatoms. The molecule has 0 unspecified atom stereocenters. The molecule has 2 heterocycles. The zero-order chi connectivity index (χ0) is 31.8. The smallest absolute Gasteiger partial charge is 0.335 e. The van der Waals surface area contributed by atoms with Gasteiger partial charge in [0, 0.05) is 17.5 Å². The number of para-hydroxylation sites is 1. The third kappa shape index (κ3) is 3.97. The van der Waals surface area contributed by atoms with Crippen molar-refractivity contribution < 1.29 is 38.9 Å². The number of carboxylic acids is 1. The number of ether oxygens (including phenoxy) is 1. The van der Waals surface area contributed by atoms with Crippen molar-refractivity contribution in [1.29, 1.82) is 0 Å². The third-order valence-corrected chi connectivity index (χ3v) is 10.2. The lowest BCUT2D eigenvalue weighted by Gasteiger charge is -2.49. The Morgan fingerprint density at radius 3 is 2.31 bits per heavy atom. The molecule has 228 valence electrons. The Kier molecular flexibility index (Phi) is 6.43. The van der Waals surface area contributed by atoms with Gasteiger partial charge in [-0.3, -0.25) is 24.1 Å². The summed E-state index contributed by atoms with van der Waals surface area (Å²) in [5.41, 5.74) is 0.693. The number of allylic oxidation sites excluding steroid dienone is 2. The monoisotopic (exact) mass is 606 g/mol. The molecule has 6 atom stereocenters. The number of carboxylic acid groups (broad SMARTS) is 1. The fraction of sp³-hybridized carbons (Fsp3) is 0.286. The number of aromatic hydroxyl groups is 1. The van der Waals surface area contributed by atoms with Crippen LogP contribution in [-0.2, 0) is 19.2 Å². The predicted octanol–water partition coefficient (Wildman–Crippen LogP) is 4.53. The van der Waals surface area contributed by atoms with Gasteiger partial charge in [-0.2, -0.15) is 0 Å². The number of aromatic carboxylic acids is 1. The Hall–Kier alpha value is -5.25. The zero-order valence-electron chi connectivity index (χ0n) is 24.5. The number of hydrogen-bond acceptors (Lipinski definition) is 7. The molecule has 3 fully saturated rings. The van der Waals surface area contributed by atoms with E-state index in [1.54, 1.807) is 43.3 Å². The van der Waals surface area contributed by atoms with Crippen molar-refractivity contribution in [2.24, 2.45) is 29.1 Å². The molecule has 2 saturated heterocycles. The van der Waals surface area contributed by atoms with Gasteiger partial charge in [0.1, 0.15) is 11.5 Å². The number of anilines is 2. The summed E-state index contributed by atoms with van der Waals surface area (Å²) < 4.78 is 5.68. The van der Waals surface area contributed by atoms with E-state index in [0.29, 0.717) is 17.0 Å². The number of nitrogens with zero attached hydrogens (tertiary/aromatic N) is 2. The Labute approximate surface area is 258 Å². The number of imide groups is 2. The first kappa shape index (κ1) is 28.5. The minimum atomic E-state index is -1.26. The Morgan fingerprint density at radius 2 is 1.60 bits per heavy atom. The van der Waals surface area contributed by atoms with E-state index in [9.17, 15) is 34.2 Å². The predicted molar refractivity (Wildman–Crippen MR) is 162 cm³/mol. The lowest BCUT2D eigenvalue weighted by atomic mass is 9.51. The van der Waals surface area contributed by atoms with Crippen LogP contribution >= 0.6 is 0 Å². The number of amides is 4. The fourth-order valence-corrected chi connectivity index (χ4v) is 8.15. The average Bonchev–Trinajstić information content (AvgIpc) is 3.41. The molecule has 0 aromatic heterocycles. The highest BCUT2D eigenvalue weighted by atomic mass is 16.5. The summed E-state index contributed by atoms with van der Waals surface area (Å²) in [4.78, 5) is 70.7. The molecule has 3 aromatic rings. The van der Waals surface area contributed by atoms with Gasteiger partial charge in [-0.25, -0.2) is 9.69 Å². The van der Waals surface area contributed by atoms with Crippen molar-refractivity contribution in [1.82, 2.24) is 0 Å². The molecular weight excluding hydrogens is 576 g/mol. The maximum absolute atomic E-state index is 14.5. The van der Waals surface area contributed by atoms with Crippen molar-refractivity contribution in [3.8, 4) is 11.5 Å². The van der Waals surface area contributed by atoms with Crippen LogP contribution in [0.15, 0.2) is 84.4 Å². The van der Waals surface area contributed by atoms with Gasteiger partial charge in [0.15, 0.2) is 0 Å². The highest BCUT2D eigenvalue weighted by molar-refractivity contribution is 6.25. The maximum atomic E-state index is 14.5. The topological polar surface area (TPSA) is 142 Å². The van der Waals surface area contributed by atoms with Crippen molar-refractivity contribution in [3.63, 3.8) is 0 Å². The molecule has 1 saturated carbocycles. The number of carbonyl (C=O) groups is 5. The third-order valence-electron chi connectivity index (χ3n) is 10.2. The summed E-state index contributed by atoms with van der Waals surface area (Å²) in [6, 6.07) is 19.1. The van der Waals surface area contributed by atoms with E-state index < -0.39 is 52.8 Å². The van der Waals surface area contributed by atoms with E-state index in [1.807, 2.05) is 6.08 Å². The first-order valence-corrected chi connectivity index (χ1v) is 14.8. The molecule has 2 aliphatic heterocycles. The summed E-state index contributed by atoms with van der Waals surface area (Å²) in [6.45, 7) is 1.78. The van der Waals surface area contributed by atoms with E-state index >= 15 is 0 Å². The number of phenols is 1. The summed E-state index contributed by atoms with van der Waals surface area (Å²) in [7, 11) is 1.46. The number of rotatable bonds is 5. The summed E-state index contributed by atoms with van der Waals surface area (Å²) >= 11 is 0. The van der Waals surface area contributed by atoms with Gasteiger partial charge in [0.05, 0.1) is 47.2 Å². The van der Waals surface area contributed by atoms with Crippen molar-refractivity contribution in [2.75, 3.05) is 16.9 Å². The van der Waals surface area contributed by atoms with Gasteiger partial charge >= 0.3 is 5.97 Å². The van der Waals surface area contributed by atoms with Crippen LogP contribution in [0.4, 0.5) is 11.4 Å². The molecule has 10 nitrogen and oxygen atoms in total. The Balaban J connectivity index is 1.38. The molecule has 0 radical (unpaired) electrons. The van der Waals surface area contributed by atoms with Gasteiger partial charge in [-0.05, 0) is 62.1 Å². The van der Waals surface area contributed by atoms with Gasteiger partial charge < -0.3 is 14.9 Å².